The van der Waals surface area contributed by atoms with Gasteiger partial charge in [0, 0.05) is 5.39 Å². The molecule has 3 N–H and O–H groups in total. The van der Waals surface area contributed by atoms with Crippen molar-refractivity contribution in [3.8, 4) is 0 Å². The molecule has 0 bridgehead atoms. The number of nitrogens with two attached hydrogens (primary N) is 1. The van der Waals surface area contributed by atoms with Crippen molar-refractivity contribution in [1.29, 1.82) is 0 Å². The van der Waals surface area contributed by atoms with E-state index in [2.05, 4.69) is 10.3 Å². The summed E-state index contributed by atoms with van der Waals surface area (Å²) < 4.78 is 10.2. The van der Waals surface area contributed by atoms with Crippen LogP contribution in [-0.2, 0) is 20.9 Å². The number of ether oxygens (including phenoxy) is 2. The molecule has 2 aromatic rings. The largest absolute Gasteiger partial charge is 0.465 e. The van der Waals surface area contributed by atoms with Crippen molar-refractivity contribution in [2.24, 2.45) is 5.73 Å². The summed E-state index contributed by atoms with van der Waals surface area (Å²) >= 11 is 1.53. The third-order valence-corrected chi connectivity index (χ3v) is 4.82. The second-order valence-electron chi connectivity index (χ2n) is 6.02. The second-order valence-corrected chi connectivity index (χ2v) is 7.00. The van der Waals surface area contributed by atoms with Crippen LogP contribution in [0.25, 0.3) is 10.9 Å². The molecular formula is C19H23N3O5S. The molecule has 0 fully saturated rings. The Morgan fingerprint density at radius 1 is 1.29 bits per heavy atom. The SMILES string of the molecule is COC(=O)c1c(COC(=O)[C@@H](CCSC)NC(N)=O)nc2ccccc2c1C. The summed E-state index contributed by atoms with van der Waals surface area (Å²) in [5.74, 6) is -0.562. The van der Waals surface area contributed by atoms with Gasteiger partial charge in [0.05, 0.1) is 23.9 Å². The monoisotopic (exact) mass is 405 g/mol. The molecule has 1 aromatic heterocycles. The summed E-state index contributed by atoms with van der Waals surface area (Å²) in [5.41, 5.74) is 7.05. The Morgan fingerprint density at radius 2 is 2.00 bits per heavy atom. The molecule has 0 aliphatic carbocycles. The lowest BCUT2D eigenvalue weighted by atomic mass is 10.0. The Bertz CT molecular complexity index is 887. The number of amides is 2. The van der Waals surface area contributed by atoms with Crippen molar-refractivity contribution < 1.29 is 23.9 Å². The minimum absolute atomic E-state index is 0.231. The molecule has 8 nitrogen and oxygen atoms in total. The number of carbonyl (C=O) groups is 3. The number of esters is 2. The highest BCUT2D eigenvalue weighted by Gasteiger charge is 2.24. The van der Waals surface area contributed by atoms with E-state index in [0.29, 0.717) is 28.9 Å². The number of carbonyl (C=O) groups excluding carboxylic acids is 3. The molecular weight excluding hydrogens is 382 g/mol. The van der Waals surface area contributed by atoms with Gasteiger partial charge in [-0.3, -0.25) is 0 Å². The number of pyridine rings is 1. The number of fused-ring (bicyclic) bond motifs is 1. The van der Waals surface area contributed by atoms with Crippen LogP contribution in [0.3, 0.4) is 0 Å². The highest BCUT2D eigenvalue weighted by atomic mass is 32.2. The molecule has 0 spiro atoms. The first-order valence-electron chi connectivity index (χ1n) is 8.57. The van der Waals surface area contributed by atoms with Gasteiger partial charge in [-0.15, -0.1) is 0 Å². The molecule has 9 heteroatoms. The van der Waals surface area contributed by atoms with Crippen LogP contribution >= 0.6 is 11.8 Å². The average Bonchev–Trinajstić information content (AvgIpc) is 2.68. The van der Waals surface area contributed by atoms with Gasteiger partial charge in [0.2, 0.25) is 0 Å². The third-order valence-electron chi connectivity index (χ3n) is 4.18. The fraction of sp³-hybridized carbons (Fsp3) is 0.368. The normalized spacial score (nSPS) is 11.7. The quantitative estimate of drug-likeness (QED) is 0.646. The van der Waals surface area contributed by atoms with Gasteiger partial charge in [0.1, 0.15) is 12.6 Å². The lowest BCUT2D eigenvalue weighted by Gasteiger charge is -2.17. The predicted octanol–water partition coefficient (Wildman–Crippen LogP) is 2.16. The van der Waals surface area contributed by atoms with Gasteiger partial charge in [0.25, 0.3) is 0 Å². The number of aryl methyl sites for hydroxylation is 1. The van der Waals surface area contributed by atoms with Crippen LogP contribution in [0.4, 0.5) is 4.79 Å². The number of hydrogen-bond acceptors (Lipinski definition) is 7. The summed E-state index contributed by atoms with van der Waals surface area (Å²) in [6.45, 7) is 1.56. The van der Waals surface area contributed by atoms with E-state index in [1.807, 2.05) is 30.5 Å². The number of methoxy groups -OCH3 is 1. The van der Waals surface area contributed by atoms with Gasteiger partial charge >= 0.3 is 18.0 Å². The maximum atomic E-state index is 12.4. The Balaban J connectivity index is 2.30. The molecule has 28 heavy (non-hydrogen) atoms. The fourth-order valence-electron chi connectivity index (χ4n) is 2.81. The zero-order valence-corrected chi connectivity index (χ0v) is 16.8. The molecule has 0 unspecified atom stereocenters. The first kappa shape index (κ1) is 21.5. The third kappa shape index (κ3) is 5.13. The number of aromatic nitrogens is 1. The first-order chi connectivity index (χ1) is 13.4. The molecule has 2 amide bonds. The Hall–Kier alpha value is -2.81. The molecule has 1 heterocycles. The minimum atomic E-state index is -0.868. The predicted molar refractivity (Wildman–Crippen MR) is 107 cm³/mol. The van der Waals surface area contributed by atoms with E-state index in [1.54, 1.807) is 6.92 Å². The van der Waals surface area contributed by atoms with Gasteiger partial charge in [-0.1, -0.05) is 18.2 Å². The molecule has 0 saturated carbocycles. The Morgan fingerprint density at radius 3 is 2.64 bits per heavy atom. The van der Waals surface area contributed by atoms with Crippen LogP contribution in [0.2, 0.25) is 0 Å². The van der Waals surface area contributed by atoms with Gasteiger partial charge in [0.15, 0.2) is 0 Å². The summed E-state index contributed by atoms with van der Waals surface area (Å²) in [7, 11) is 1.28. The number of benzene rings is 1. The van der Waals surface area contributed by atoms with E-state index in [4.69, 9.17) is 15.2 Å². The van der Waals surface area contributed by atoms with Crippen molar-refractivity contribution in [2.45, 2.75) is 26.0 Å². The molecule has 0 aliphatic heterocycles. The lowest BCUT2D eigenvalue weighted by molar-refractivity contribution is -0.147. The molecule has 0 aliphatic rings. The van der Waals surface area contributed by atoms with Crippen LogP contribution in [0, 0.1) is 6.92 Å². The van der Waals surface area contributed by atoms with Crippen LogP contribution < -0.4 is 11.1 Å². The molecule has 1 aromatic carbocycles. The van der Waals surface area contributed by atoms with Crippen molar-refractivity contribution in [1.82, 2.24) is 10.3 Å². The van der Waals surface area contributed by atoms with Gasteiger partial charge in [-0.2, -0.15) is 11.8 Å². The Kier molecular flexibility index (Phi) is 7.62. The van der Waals surface area contributed by atoms with Crippen molar-refractivity contribution in [2.75, 3.05) is 19.1 Å². The maximum Gasteiger partial charge on any atom is 0.340 e. The molecule has 1 atom stereocenters. The zero-order valence-electron chi connectivity index (χ0n) is 16.0. The number of thioether (sulfide) groups is 1. The number of nitrogens with one attached hydrogen (secondary N) is 1. The van der Waals surface area contributed by atoms with Crippen molar-refractivity contribution in [3.05, 3.63) is 41.1 Å². The molecule has 0 saturated heterocycles. The number of hydrogen-bond donors (Lipinski definition) is 2. The van der Waals surface area contributed by atoms with E-state index in [-0.39, 0.29) is 12.2 Å². The van der Waals surface area contributed by atoms with E-state index in [9.17, 15) is 14.4 Å². The lowest BCUT2D eigenvalue weighted by Crippen LogP contribution is -2.44. The second kappa shape index (κ2) is 9.93. The highest BCUT2D eigenvalue weighted by Crippen LogP contribution is 2.24. The Labute approximate surface area is 167 Å². The van der Waals surface area contributed by atoms with Gasteiger partial charge in [-0.05, 0) is 37.0 Å². The van der Waals surface area contributed by atoms with Crippen molar-refractivity contribution in [3.63, 3.8) is 0 Å². The number of para-hydroxylation sites is 1. The van der Waals surface area contributed by atoms with E-state index in [1.165, 1.54) is 18.9 Å². The molecule has 0 radical (unpaired) electrons. The van der Waals surface area contributed by atoms with E-state index >= 15 is 0 Å². The van der Waals surface area contributed by atoms with E-state index in [0.717, 1.165) is 5.39 Å². The zero-order chi connectivity index (χ0) is 20.7. The first-order valence-corrected chi connectivity index (χ1v) is 9.96. The van der Waals surface area contributed by atoms with E-state index < -0.39 is 24.0 Å². The maximum absolute atomic E-state index is 12.4. The number of rotatable bonds is 8. The number of urea groups is 1. The minimum Gasteiger partial charge on any atom is -0.465 e. The summed E-state index contributed by atoms with van der Waals surface area (Å²) in [4.78, 5) is 40.3. The molecule has 150 valence electrons. The smallest absolute Gasteiger partial charge is 0.340 e. The summed E-state index contributed by atoms with van der Waals surface area (Å²) in [6.07, 6.45) is 2.26. The van der Waals surface area contributed by atoms with Crippen LogP contribution in [-0.4, -0.2) is 48.1 Å². The van der Waals surface area contributed by atoms with Crippen LogP contribution in [0.5, 0.6) is 0 Å². The topological polar surface area (TPSA) is 121 Å². The average molecular weight is 405 g/mol. The van der Waals surface area contributed by atoms with Crippen LogP contribution in [0.1, 0.15) is 28.0 Å². The standard InChI is InChI=1S/C19H23N3O5S/c1-11-12-6-4-5-7-13(12)21-15(16(11)18(24)26-2)10-27-17(23)14(8-9-28-3)22-19(20)25/h4-7,14H,8-10H2,1-3H3,(H3,20,22,25)/t14-/m1/s1. The van der Waals surface area contributed by atoms with Crippen molar-refractivity contribution >= 4 is 40.6 Å². The number of nitrogens with zero attached hydrogens (tertiary/aromatic N) is 1. The van der Waals surface area contributed by atoms with Crippen LogP contribution in [0.15, 0.2) is 24.3 Å². The van der Waals surface area contributed by atoms with Gasteiger partial charge < -0.3 is 20.5 Å². The van der Waals surface area contributed by atoms with Gasteiger partial charge in [-0.25, -0.2) is 19.4 Å². The highest BCUT2D eigenvalue weighted by molar-refractivity contribution is 7.98. The number of primary amides is 1. The summed E-state index contributed by atoms with van der Waals surface area (Å²) in [5, 5.41) is 3.19. The molecule has 2 rings (SSSR count). The fourth-order valence-corrected chi connectivity index (χ4v) is 3.29. The summed E-state index contributed by atoms with van der Waals surface area (Å²) in [6, 6.07) is 5.67.